The Morgan fingerprint density at radius 3 is 2.81 bits per heavy atom. The van der Waals surface area contributed by atoms with Crippen LogP contribution in [0.1, 0.15) is 53.4 Å². The average molecular weight is 217 g/mol. The summed E-state index contributed by atoms with van der Waals surface area (Å²) in [5, 5.41) is 8.53. The summed E-state index contributed by atoms with van der Waals surface area (Å²) in [5.41, 5.74) is 3.24. The van der Waals surface area contributed by atoms with Gasteiger partial charge in [0.25, 0.3) is 0 Å². The van der Waals surface area contributed by atoms with Gasteiger partial charge in [-0.1, -0.05) is 37.1 Å². The van der Waals surface area contributed by atoms with E-state index >= 15 is 0 Å². The van der Waals surface area contributed by atoms with E-state index in [4.69, 9.17) is 5.26 Å². The van der Waals surface area contributed by atoms with Gasteiger partial charge in [-0.05, 0) is 44.4 Å². The normalized spacial score (nSPS) is 24.1. The molecule has 0 aromatic heterocycles. The minimum atomic E-state index is 0.353. The van der Waals surface area contributed by atoms with E-state index < -0.39 is 0 Å². The van der Waals surface area contributed by atoms with Crippen LogP contribution in [0.2, 0.25) is 0 Å². The van der Waals surface area contributed by atoms with Crippen molar-refractivity contribution < 1.29 is 0 Å². The summed E-state index contributed by atoms with van der Waals surface area (Å²) >= 11 is 0. The van der Waals surface area contributed by atoms with E-state index in [1.165, 1.54) is 17.6 Å². The second-order valence-corrected chi connectivity index (χ2v) is 5.49. The summed E-state index contributed by atoms with van der Waals surface area (Å²) in [5.74, 6) is 0.740. The molecule has 1 heteroatoms. The van der Waals surface area contributed by atoms with Crippen LogP contribution in [0.5, 0.6) is 0 Å². The van der Waals surface area contributed by atoms with Crippen molar-refractivity contribution in [1.82, 2.24) is 0 Å². The van der Waals surface area contributed by atoms with E-state index in [-0.39, 0.29) is 0 Å². The predicted octanol–water partition coefficient (Wildman–Crippen LogP) is 4.62. The molecule has 1 atom stereocenters. The molecular formula is C15H23N. The number of nitrogens with zero attached hydrogens (tertiary/aromatic N) is 1. The fraction of sp³-hybridized carbons (Fsp3) is 0.667. The van der Waals surface area contributed by atoms with Gasteiger partial charge in [-0.2, -0.15) is 5.26 Å². The lowest BCUT2D eigenvalue weighted by atomic mass is 9.76. The van der Waals surface area contributed by atoms with Gasteiger partial charge in [-0.15, -0.1) is 0 Å². The summed E-state index contributed by atoms with van der Waals surface area (Å²) < 4.78 is 0. The Labute approximate surface area is 99.9 Å². The van der Waals surface area contributed by atoms with E-state index in [1.807, 2.05) is 0 Å². The van der Waals surface area contributed by atoms with Crippen molar-refractivity contribution in [2.45, 2.75) is 53.4 Å². The van der Waals surface area contributed by atoms with Gasteiger partial charge in [0.05, 0.1) is 6.07 Å². The van der Waals surface area contributed by atoms with Crippen LogP contribution >= 0.6 is 0 Å². The molecule has 88 valence electrons. The Kier molecular flexibility index (Phi) is 4.35. The molecule has 0 radical (unpaired) electrons. The zero-order valence-corrected chi connectivity index (χ0v) is 11.0. The van der Waals surface area contributed by atoms with Gasteiger partial charge in [-0.25, -0.2) is 0 Å². The lowest BCUT2D eigenvalue weighted by molar-refractivity contribution is 0.294. The first-order valence-corrected chi connectivity index (χ1v) is 6.18. The van der Waals surface area contributed by atoms with Crippen molar-refractivity contribution in [2.75, 3.05) is 0 Å². The van der Waals surface area contributed by atoms with E-state index in [0.717, 1.165) is 18.8 Å². The van der Waals surface area contributed by atoms with Gasteiger partial charge < -0.3 is 0 Å². The summed E-state index contributed by atoms with van der Waals surface area (Å²) in [6, 6.07) is 2.20. The molecule has 0 saturated carbocycles. The molecule has 0 aromatic carbocycles. The Bertz CT molecular complexity index is 339. The largest absolute Gasteiger partial charge is 0.198 e. The SMILES string of the molecule is CC1=CCC(C/C=C(\C)CCC#N)C1(C)C. The summed E-state index contributed by atoms with van der Waals surface area (Å²) in [7, 11) is 0. The van der Waals surface area contributed by atoms with Crippen molar-refractivity contribution in [3.05, 3.63) is 23.3 Å². The summed E-state index contributed by atoms with van der Waals surface area (Å²) in [6.07, 6.45) is 8.64. The van der Waals surface area contributed by atoms with Gasteiger partial charge in [0.1, 0.15) is 0 Å². The highest BCUT2D eigenvalue weighted by Crippen LogP contribution is 2.44. The van der Waals surface area contributed by atoms with Crippen LogP contribution in [0.15, 0.2) is 23.3 Å². The van der Waals surface area contributed by atoms with Crippen LogP contribution in [-0.4, -0.2) is 0 Å². The number of allylic oxidation sites excluding steroid dienone is 4. The molecule has 0 amide bonds. The third-order valence-corrected chi connectivity index (χ3v) is 4.13. The Morgan fingerprint density at radius 1 is 1.62 bits per heavy atom. The monoisotopic (exact) mass is 217 g/mol. The van der Waals surface area contributed by atoms with Crippen LogP contribution in [0.25, 0.3) is 0 Å². The quantitative estimate of drug-likeness (QED) is 0.630. The standard InChI is InChI=1S/C15H23N/c1-12(6-5-11-16)7-9-14-10-8-13(2)15(14,3)4/h7-8,14H,5-6,9-10H2,1-4H3/b12-7+. The predicted molar refractivity (Wildman–Crippen MR) is 68.9 cm³/mol. The van der Waals surface area contributed by atoms with Crippen LogP contribution in [-0.2, 0) is 0 Å². The zero-order valence-electron chi connectivity index (χ0n) is 11.0. The van der Waals surface area contributed by atoms with E-state index in [2.05, 4.69) is 45.9 Å². The lowest BCUT2D eigenvalue weighted by Gasteiger charge is -2.29. The molecule has 0 saturated heterocycles. The molecule has 1 aliphatic carbocycles. The Balaban J connectivity index is 2.49. The molecule has 1 rings (SSSR count). The van der Waals surface area contributed by atoms with Crippen molar-refractivity contribution in [3.63, 3.8) is 0 Å². The van der Waals surface area contributed by atoms with Crippen LogP contribution < -0.4 is 0 Å². The van der Waals surface area contributed by atoms with Crippen molar-refractivity contribution in [1.29, 1.82) is 5.26 Å². The average Bonchev–Trinajstić information content (AvgIpc) is 2.49. The van der Waals surface area contributed by atoms with E-state index in [0.29, 0.717) is 11.8 Å². The maximum Gasteiger partial charge on any atom is 0.0625 e. The fourth-order valence-electron chi connectivity index (χ4n) is 2.29. The molecule has 1 unspecified atom stereocenters. The van der Waals surface area contributed by atoms with Gasteiger partial charge in [0.15, 0.2) is 0 Å². The minimum Gasteiger partial charge on any atom is -0.198 e. The highest BCUT2D eigenvalue weighted by atomic mass is 14.4. The first-order valence-electron chi connectivity index (χ1n) is 6.18. The van der Waals surface area contributed by atoms with Gasteiger partial charge >= 0.3 is 0 Å². The van der Waals surface area contributed by atoms with Crippen LogP contribution in [0.4, 0.5) is 0 Å². The van der Waals surface area contributed by atoms with E-state index in [9.17, 15) is 0 Å². The molecule has 1 nitrogen and oxygen atoms in total. The second kappa shape index (κ2) is 5.34. The maximum atomic E-state index is 8.53. The summed E-state index contributed by atoms with van der Waals surface area (Å²) in [4.78, 5) is 0. The minimum absolute atomic E-state index is 0.353. The molecule has 0 spiro atoms. The molecule has 1 aliphatic rings. The first kappa shape index (κ1) is 13.0. The lowest BCUT2D eigenvalue weighted by Crippen LogP contribution is -2.19. The van der Waals surface area contributed by atoms with E-state index in [1.54, 1.807) is 0 Å². The smallest absolute Gasteiger partial charge is 0.0625 e. The van der Waals surface area contributed by atoms with Crippen molar-refractivity contribution in [3.8, 4) is 6.07 Å². The number of hydrogen-bond donors (Lipinski definition) is 0. The van der Waals surface area contributed by atoms with Crippen LogP contribution in [0.3, 0.4) is 0 Å². The van der Waals surface area contributed by atoms with Gasteiger partial charge in [0.2, 0.25) is 0 Å². The maximum absolute atomic E-state index is 8.53. The third kappa shape index (κ3) is 2.98. The molecule has 0 aromatic rings. The molecular weight excluding hydrogens is 194 g/mol. The van der Waals surface area contributed by atoms with Gasteiger partial charge in [-0.3, -0.25) is 0 Å². The molecule has 0 heterocycles. The molecule has 0 N–H and O–H groups in total. The first-order chi connectivity index (χ1) is 7.48. The Morgan fingerprint density at radius 2 is 2.31 bits per heavy atom. The topological polar surface area (TPSA) is 23.8 Å². The number of nitriles is 1. The second-order valence-electron chi connectivity index (χ2n) is 5.49. The number of rotatable bonds is 4. The van der Waals surface area contributed by atoms with Gasteiger partial charge in [0, 0.05) is 6.42 Å². The third-order valence-electron chi connectivity index (χ3n) is 4.13. The van der Waals surface area contributed by atoms with Crippen molar-refractivity contribution >= 4 is 0 Å². The van der Waals surface area contributed by atoms with Crippen LogP contribution in [0, 0.1) is 22.7 Å². The molecule has 0 bridgehead atoms. The molecule has 0 aliphatic heterocycles. The highest BCUT2D eigenvalue weighted by Gasteiger charge is 2.33. The number of hydrogen-bond acceptors (Lipinski definition) is 1. The fourth-order valence-corrected chi connectivity index (χ4v) is 2.29. The zero-order chi connectivity index (χ0) is 12.2. The van der Waals surface area contributed by atoms with Crippen molar-refractivity contribution in [2.24, 2.45) is 11.3 Å². The molecule has 0 fully saturated rings. The molecule has 16 heavy (non-hydrogen) atoms. The summed E-state index contributed by atoms with van der Waals surface area (Å²) in [6.45, 7) is 9.07. The Hall–Kier alpha value is -1.03. The highest BCUT2D eigenvalue weighted by molar-refractivity contribution is 5.19.